The number of amides is 2. The number of fused-ring (bicyclic) bond motifs is 1. The number of ether oxygens (including phenoxy) is 1. The van der Waals surface area contributed by atoms with Crippen molar-refractivity contribution in [1.82, 2.24) is 10.3 Å². The zero-order valence-corrected chi connectivity index (χ0v) is 17.7. The summed E-state index contributed by atoms with van der Waals surface area (Å²) in [6.45, 7) is 0.0715. The Kier molecular flexibility index (Phi) is 6.39. The maximum atomic E-state index is 13.3. The number of aromatic nitrogens is 1. The van der Waals surface area contributed by atoms with E-state index in [-0.39, 0.29) is 23.6 Å². The van der Waals surface area contributed by atoms with Crippen molar-refractivity contribution in [3.05, 3.63) is 88.5 Å². The summed E-state index contributed by atoms with van der Waals surface area (Å²) in [5, 5.41) is 5.49. The molecule has 0 spiro atoms. The van der Waals surface area contributed by atoms with Gasteiger partial charge in [0.1, 0.15) is 12.4 Å². The van der Waals surface area contributed by atoms with E-state index >= 15 is 0 Å². The molecule has 9 heteroatoms. The molecule has 2 heterocycles. The summed E-state index contributed by atoms with van der Waals surface area (Å²) in [6.07, 6.45) is 1.08. The van der Waals surface area contributed by atoms with Crippen molar-refractivity contribution in [3.63, 3.8) is 0 Å². The second kappa shape index (κ2) is 9.36. The van der Waals surface area contributed by atoms with Crippen LogP contribution in [0.2, 0.25) is 5.02 Å². The zero-order chi connectivity index (χ0) is 21.8. The van der Waals surface area contributed by atoms with E-state index in [1.54, 1.807) is 30.5 Å². The Morgan fingerprint density at radius 3 is 2.84 bits per heavy atom. The second-order valence-corrected chi connectivity index (χ2v) is 8.15. The molecule has 0 radical (unpaired) electrons. The van der Waals surface area contributed by atoms with Crippen LogP contribution in [0.25, 0.3) is 0 Å². The molecule has 1 aliphatic rings. The topological polar surface area (TPSA) is 80.3 Å². The van der Waals surface area contributed by atoms with Gasteiger partial charge in [-0.3, -0.25) is 9.78 Å². The Hall–Kier alpha value is -3.10. The lowest BCUT2D eigenvalue weighted by molar-refractivity contribution is 0.102. The molecular formula is C22H17ClFN3O3S. The monoisotopic (exact) mass is 457 g/mol. The van der Waals surface area contributed by atoms with E-state index in [9.17, 15) is 14.0 Å². The minimum Gasteiger partial charge on any atom is -0.443 e. The highest BCUT2D eigenvalue weighted by Gasteiger charge is 2.29. The molecule has 2 amide bonds. The van der Waals surface area contributed by atoms with Crippen molar-refractivity contribution in [1.29, 1.82) is 0 Å². The van der Waals surface area contributed by atoms with E-state index in [4.69, 9.17) is 16.3 Å². The van der Waals surface area contributed by atoms with Crippen LogP contribution in [0, 0.1) is 5.82 Å². The highest BCUT2D eigenvalue weighted by molar-refractivity contribution is 7.99. The molecule has 0 saturated heterocycles. The lowest BCUT2D eigenvalue weighted by Gasteiger charge is -2.14. The molecule has 0 aliphatic carbocycles. The number of carbonyl (C=O) groups excluding carboxylic acids is 2. The van der Waals surface area contributed by atoms with Gasteiger partial charge < -0.3 is 15.4 Å². The van der Waals surface area contributed by atoms with Crippen molar-refractivity contribution in [2.45, 2.75) is 17.5 Å². The number of hydrogen-bond acceptors (Lipinski definition) is 5. The second-order valence-electron chi connectivity index (χ2n) is 6.71. The average molecular weight is 458 g/mol. The Labute approximate surface area is 187 Å². The van der Waals surface area contributed by atoms with Gasteiger partial charge in [-0.1, -0.05) is 29.8 Å². The van der Waals surface area contributed by atoms with Gasteiger partial charge in [0.2, 0.25) is 0 Å². The fraction of sp³-hybridized carbons (Fsp3) is 0.136. The summed E-state index contributed by atoms with van der Waals surface area (Å²) in [6, 6.07) is 14.4. The molecule has 1 unspecified atom stereocenters. The first-order valence-electron chi connectivity index (χ1n) is 9.36. The van der Waals surface area contributed by atoms with Gasteiger partial charge in [0.25, 0.3) is 5.91 Å². The van der Waals surface area contributed by atoms with E-state index in [1.165, 1.54) is 30.0 Å². The molecule has 1 aromatic heterocycles. The number of nitrogens with one attached hydrogen (secondary N) is 2. The third kappa shape index (κ3) is 4.98. The number of pyridine rings is 1. The van der Waals surface area contributed by atoms with E-state index in [0.29, 0.717) is 22.7 Å². The SMILES string of the molecule is O=C(NC1CSc2c(C(=O)Nc3ccc(F)c(Cl)c3)cccc21)OCc1ccccn1. The van der Waals surface area contributed by atoms with Crippen molar-refractivity contribution in [3.8, 4) is 0 Å². The van der Waals surface area contributed by atoms with E-state index in [0.717, 1.165) is 10.5 Å². The maximum Gasteiger partial charge on any atom is 0.408 e. The molecule has 1 aliphatic heterocycles. The standard InChI is InChI=1S/C22H17ClFN3O3S/c23-17-10-13(7-8-18(17)24)26-21(28)16-6-3-5-15-19(12-31-20(15)16)27-22(29)30-11-14-4-1-2-9-25-14/h1-10,19H,11-12H2,(H,26,28)(H,27,29). The zero-order valence-electron chi connectivity index (χ0n) is 16.1. The number of carbonyl (C=O) groups is 2. The number of benzene rings is 2. The van der Waals surface area contributed by atoms with Gasteiger partial charge in [-0.2, -0.15) is 0 Å². The van der Waals surface area contributed by atoms with Crippen LogP contribution >= 0.6 is 23.4 Å². The molecule has 158 valence electrons. The summed E-state index contributed by atoms with van der Waals surface area (Å²) in [4.78, 5) is 29.9. The van der Waals surface area contributed by atoms with Crippen LogP contribution in [-0.2, 0) is 11.3 Å². The predicted molar refractivity (Wildman–Crippen MR) is 117 cm³/mol. The minimum atomic E-state index is -0.556. The number of halogens is 2. The van der Waals surface area contributed by atoms with Gasteiger partial charge in [-0.15, -0.1) is 11.8 Å². The molecular weight excluding hydrogens is 441 g/mol. The molecule has 2 aromatic carbocycles. The highest BCUT2D eigenvalue weighted by Crippen LogP contribution is 2.40. The fourth-order valence-electron chi connectivity index (χ4n) is 3.12. The number of thioether (sulfide) groups is 1. The number of rotatable bonds is 5. The Morgan fingerprint density at radius 2 is 2.06 bits per heavy atom. The summed E-state index contributed by atoms with van der Waals surface area (Å²) >= 11 is 7.26. The lowest BCUT2D eigenvalue weighted by atomic mass is 10.0. The fourth-order valence-corrected chi connectivity index (χ4v) is 4.59. The van der Waals surface area contributed by atoms with Crippen molar-refractivity contribution in [2.75, 3.05) is 11.1 Å². The Balaban J connectivity index is 1.43. The Morgan fingerprint density at radius 1 is 1.19 bits per heavy atom. The van der Waals surface area contributed by atoms with Gasteiger partial charge in [0.05, 0.1) is 22.3 Å². The molecule has 4 rings (SSSR count). The normalized spacial score (nSPS) is 14.6. The minimum absolute atomic E-state index is 0.0704. The molecule has 0 saturated carbocycles. The largest absolute Gasteiger partial charge is 0.443 e. The molecule has 6 nitrogen and oxygen atoms in total. The lowest BCUT2D eigenvalue weighted by Crippen LogP contribution is -2.29. The van der Waals surface area contributed by atoms with Gasteiger partial charge in [0, 0.05) is 22.5 Å². The quantitative estimate of drug-likeness (QED) is 0.550. The van der Waals surface area contributed by atoms with Gasteiger partial charge in [-0.05, 0) is 42.0 Å². The third-order valence-corrected chi connectivity index (χ3v) is 6.14. The first kappa shape index (κ1) is 21.1. The third-order valence-electron chi connectivity index (χ3n) is 4.61. The van der Waals surface area contributed by atoms with Crippen molar-refractivity contribution >= 4 is 41.1 Å². The van der Waals surface area contributed by atoms with Crippen LogP contribution in [0.3, 0.4) is 0 Å². The number of alkyl carbamates (subject to hydrolysis) is 1. The number of nitrogens with zero attached hydrogens (tertiary/aromatic N) is 1. The maximum absolute atomic E-state index is 13.3. The summed E-state index contributed by atoms with van der Waals surface area (Å²) in [5.41, 5.74) is 2.35. The average Bonchev–Trinajstić information content (AvgIpc) is 3.18. The van der Waals surface area contributed by atoms with Crippen LogP contribution in [0.4, 0.5) is 14.9 Å². The van der Waals surface area contributed by atoms with Crippen LogP contribution in [-0.4, -0.2) is 22.7 Å². The van der Waals surface area contributed by atoms with Crippen LogP contribution in [0.15, 0.2) is 65.7 Å². The summed E-state index contributed by atoms with van der Waals surface area (Å²) < 4.78 is 18.6. The van der Waals surface area contributed by atoms with Gasteiger partial charge in [-0.25, -0.2) is 9.18 Å². The molecule has 1 atom stereocenters. The van der Waals surface area contributed by atoms with Crippen LogP contribution in [0.1, 0.15) is 27.7 Å². The van der Waals surface area contributed by atoms with E-state index in [1.807, 2.05) is 12.1 Å². The molecule has 3 aromatic rings. The number of anilines is 1. The first-order chi connectivity index (χ1) is 15.0. The van der Waals surface area contributed by atoms with E-state index < -0.39 is 11.9 Å². The molecule has 2 N–H and O–H groups in total. The van der Waals surface area contributed by atoms with Crippen molar-refractivity contribution in [2.24, 2.45) is 0 Å². The molecule has 31 heavy (non-hydrogen) atoms. The van der Waals surface area contributed by atoms with Crippen LogP contribution in [0.5, 0.6) is 0 Å². The van der Waals surface area contributed by atoms with Gasteiger partial charge in [0.15, 0.2) is 0 Å². The van der Waals surface area contributed by atoms with Crippen molar-refractivity contribution < 1.29 is 18.7 Å². The predicted octanol–water partition coefficient (Wildman–Crippen LogP) is 5.20. The summed E-state index contributed by atoms with van der Waals surface area (Å²) in [7, 11) is 0. The first-order valence-corrected chi connectivity index (χ1v) is 10.7. The van der Waals surface area contributed by atoms with Crippen LogP contribution < -0.4 is 10.6 Å². The van der Waals surface area contributed by atoms with Gasteiger partial charge >= 0.3 is 6.09 Å². The van der Waals surface area contributed by atoms with E-state index in [2.05, 4.69) is 15.6 Å². The highest BCUT2D eigenvalue weighted by atomic mass is 35.5. The summed E-state index contributed by atoms with van der Waals surface area (Å²) in [5.74, 6) is -0.328. The number of hydrogen-bond donors (Lipinski definition) is 2. The smallest absolute Gasteiger partial charge is 0.408 e. The Bertz CT molecular complexity index is 1130. The molecule has 0 fully saturated rings. The molecule has 0 bridgehead atoms.